The highest BCUT2D eigenvalue weighted by Crippen LogP contribution is 2.36. The number of ether oxygens (including phenoxy) is 1. The van der Waals surface area contributed by atoms with Gasteiger partial charge in [-0.25, -0.2) is 0 Å². The molecular weight excluding hydrogens is 242 g/mol. The van der Waals surface area contributed by atoms with E-state index < -0.39 is 6.23 Å². The van der Waals surface area contributed by atoms with E-state index in [1.807, 2.05) is 6.07 Å². The normalized spacial score (nSPS) is 17.5. The van der Waals surface area contributed by atoms with Crippen molar-refractivity contribution in [3.8, 4) is 5.75 Å². The Morgan fingerprint density at radius 3 is 2.42 bits per heavy atom. The molecule has 1 atom stereocenters. The molecule has 1 N–H and O–H groups in total. The van der Waals surface area contributed by atoms with Crippen LogP contribution in [0.25, 0.3) is 0 Å². The molecule has 2 aromatic rings. The summed E-state index contributed by atoms with van der Waals surface area (Å²) in [5.74, 6) is 0.524. The van der Waals surface area contributed by atoms with Crippen LogP contribution in [0.15, 0.2) is 48.5 Å². The Morgan fingerprint density at radius 1 is 1.11 bits per heavy atom. The van der Waals surface area contributed by atoms with Gasteiger partial charge < -0.3 is 9.84 Å². The van der Waals surface area contributed by atoms with Crippen LogP contribution in [0.1, 0.15) is 22.1 Å². The SMILES string of the molecule is COc1ccc(N2C(=O)c3ccccc3[C@H]2O)cc1. The highest BCUT2D eigenvalue weighted by molar-refractivity contribution is 6.10. The van der Waals surface area contributed by atoms with Crippen molar-refractivity contribution in [3.05, 3.63) is 59.7 Å². The number of aliphatic hydroxyl groups is 1. The fourth-order valence-corrected chi connectivity index (χ4v) is 2.30. The average Bonchev–Trinajstić information content (AvgIpc) is 2.72. The Bertz CT molecular complexity index is 622. The molecule has 3 rings (SSSR count). The maximum absolute atomic E-state index is 12.3. The standard InChI is InChI=1S/C15H13NO3/c1-19-11-8-6-10(7-9-11)16-14(17)12-4-2-3-5-13(12)15(16)18/h2-9,14,17H,1H3/t14-/m1/s1. The molecule has 0 radical (unpaired) electrons. The molecule has 19 heavy (non-hydrogen) atoms. The summed E-state index contributed by atoms with van der Waals surface area (Å²) in [6, 6.07) is 14.1. The second-order valence-corrected chi connectivity index (χ2v) is 4.33. The number of anilines is 1. The van der Waals surface area contributed by atoms with Crippen molar-refractivity contribution in [2.45, 2.75) is 6.23 Å². The average molecular weight is 255 g/mol. The number of fused-ring (bicyclic) bond motifs is 1. The van der Waals surface area contributed by atoms with Gasteiger partial charge in [0.1, 0.15) is 5.75 Å². The van der Waals surface area contributed by atoms with Crippen LogP contribution >= 0.6 is 0 Å². The third-order valence-corrected chi connectivity index (χ3v) is 3.28. The van der Waals surface area contributed by atoms with E-state index in [-0.39, 0.29) is 5.91 Å². The first-order valence-electron chi connectivity index (χ1n) is 5.97. The van der Waals surface area contributed by atoms with Gasteiger partial charge in [0.2, 0.25) is 0 Å². The summed E-state index contributed by atoms with van der Waals surface area (Å²) in [7, 11) is 1.58. The van der Waals surface area contributed by atoms with E-state index in [0.29, 0.717) is 22.6 Å². The Kier molecular flexibility index (Phi) is 2.72. The molecular formula is C15H13NO3. The van der Waals surface area contributed by atoms with Crippen molar-refractivity contribution in [1.82, 2.24) is 0 Å². The Labute approximate surface area is 110 Å². The first-order chi connectivity index (χ1) is 9.22. The predicted octanol–water partition coefficient (Wildman–Crippen LogP) is 2.35. The molecule has 1 amide bonds. The van der Waals surface area contributed by atoms with Crippen LogP contribution in [0.3, 0.4) is 0 Å². The number of amides is 1. The van der Waals surface area contributed by atoms with Gasteiger partial charge in [0.05, 0.1) is 7.11 Å². The van der Waals surface area contributed by atoms with Gasteiger partial charge in [0.25, 0.3) is 5.91 Å². The summed E-state index contributed by atoms with van der Waals surface area (Å²) in [6.45, 7) is 0. The number of carbonyl (C=O) groups excluding carboxylic acids is 1. The van der Waals surface area contributed by atoms with Crippen molar-refractivity contribution >= 4 is 11.6 Å². The second kappa shape index (κ2) is 4.40. The van der Waals surface area contributed by atoms with Crippen LogP contribution in [0, 0.1) is 0 Å². The molecule has 0 saturated carbocycles. The van der Waals surface area contributed by atoms with Crippen molar-refractivity contribution in [3.63, 3.8) is 0 Å². The number of nitrogens with zero attached hydrogens (tertiary/aromatic N) is 1. The van der Waals surface area contributed by atoms with E-state index in [1.165, 1.54) is 4.90 Å². The molecule has 0 fully saturated rings. The van der Waals surface area contributed by atoms with Crippen molar-refractivity contribution in [2.24, 2.45) is 0 Å². The molecule has 0 aliphatic carbocycles. The van der Waals surface area contributed by atoms with Gasteiger partial charge in [-0.1, -0.05) is 18.2 Å². The molecule has 1 heterocycles. The number of benzene rings is 2. The molecule has 2 aromatic carbocycles. The molecule has 1 aliphatic rings. The van der Waals surface area contributed by atoms with Crippen LogP contribution < -0.4 is 9.64 Å². The third-order valence-electron chi connectivity index (χ3n) is 3.28. The quantitative estimate of drug-likeness (QED) is 0.896. The van der Waals surface area contributed by atoms with Gasteiger partial charge in [-0.15, -0.1) is 0 Å². The first kappa shape index (κ1) is 11.7. The molecule has 0 saturated heterocycles. The Balaban J connectivity index is 2.01. The van der Waals surface area contributed by atoms with Crippen LogP contribution in [-0.4, -0.2) is 18.1 Å². The van der Waals surface area contributed by atoms with Crippen molar-refractivity contribution in [2.75, 3.05) is 12.0 Å². The van der Waals surface area contributed by atoms with Crippen LogP contribution in [-0.2, 0) is 0 Å². The van der Waals surface area contributed by atoms with Gasteiger partial charge in [-0.2, -0.15) is 0 Å². The van der Waals surface area contributed by atoms with E-state index in [1.54, 1.807) is 49.6 Å². The third kappa shape index (κ3) is 1.77. The highest BCUT2D eigenvalue weighted by Gasteiger charge is 2.35. The fraction of sp³-hybridized carbons (Fsp3) is 0.133. The number of rotatable bonds is 2. The second-order valence-electron chi connectivity index (χ2n) is 4.33. The zero-order valence-electron chi connectivity index (χ0n) is 10.4. The van der Waals surface area contributed by atoms with Crippen LogP contribution in [0.2, 0.25) is 0 Å². The van der Waals surface area contributed by atoms with Crippen molar-refractivity contribution in [1.29, 1.82) is 0 Å². The monoisotopic (exact) mass is 255 g/mol. The molecule has 4 heteroatoms. The maximum Gasteiger partial charge on any atom is 0.261 e. The lowest BCUT2D eigenvalue weighted by Gasteiger charge is -2.21. The molecule has 1 aliphatic heterocycles. The number of methoxy groups -OCH3 is 1. The molecule has 4 nitrogen and oxygen atoms in total. The van der Waals surface area contributed by atoms with E-state index in [9.17, 15) is 9.90 Å². The zero-order valence-corrected chi connectivity index (χ0v) is 10.4. The fourth-order valence-electron chi connectivity index (χ4n) is 2.30. The maximum atomic E-state index is 12.3. The minimum Gasteiger partial charge on any atom is -0.497 e. The van der Waals surface area contributed by atoms with Gasteiger partial charge in [0, 0.05) is 16.8 Å². The van der Waals surface area contributed by atoms with Gasteiger partial charge in [-0.05, 0) is 30.3 Å². The minimum atomic E-state index is -0.933. The smallest absolute Gasteiger partial charge is 0.261 e. The molecule has 0 aromatic heterocycles. The number of hydrogen-bond donors (Lipinski definition) is 1. The van der Waals surface area contributed by atoms with Gasteiger partial charge in [-0.3, -0.25) is 9.69 Å². The lowest BCUT2D eigenvalue weighted by Crippen LogP contribution is -2.27. The number of hydrogen-bond acceptors (Lipinski definition) is 3. The highest BCUT2D eigenvalue weighted by atomic mass is 16.5. The summed E-state index contributed by atoms with van der Waals surface area (Å²) in [6.07, 6.45) is -0.933. The lowest BCUT2D eigenvalue weighted by atomic mass is 10.1. The van der Waals surface area contributed by atoms with E-state index >= 15 is 0 Å². The number of aliphatic hydroxyl groups excluding tert-OH is 1. The number of carbonyl (C=O) groups is 1. The van der Waals surface area contributed by atoms with Crippen LogP contribution in [0.4, 0.5) is 5.69 Å². The lowest BCUT2D eigenvalue weighted by molar-refractivity contribution is 0.0935. The van der Waals surface area contributed by atoms with Crippen molar-refractivity contribution < 1.29 is 14.6 Å². The molecule has 0 unspecified atom stereocenters. The molecule has 0 spiro atoms. The van der Waals surface area contributed by atoms with E-state index in [2.05, 4.69) is 0 Å². The Hall–Kier alpha value is -2.33. The zero-order chi connectivity index (χ0) is 13.4. The van der Waals surface area contributed by atoms with E-state index in [4.69, 9.17) is 4.74 Å². The summed E-state index contributed by atoms with van der Waals surface area (Å²) >= 11 is 0. The van der Waals surface area contributed by atoms with Crippen LogP contribution in [0.5, 0.6) is 5.75 Å². The summed E-state index contributed by atoms with van der Waals surface area (Å²) in [5, 5.41) is 10.3. The Morgan fingerprint density at radius 2 is 1.79 bits per heavy atom. The first-order valence-corrected chi connectivity index (χ1v) is 5.97. The summed E-state index contributed by atoms with van der Waals surface area (Å²) in [4.78, 5) is 13.7. The van der Waals surface area contributed by atoms with E-state index in [0.717, 1.165) is 0 Å². The molecule has 0 bridgehead atoms. The van der Waals surface area contributed by atoms with Gasteiger partial charge in [0.15, 0.2) is 6.23 Å². The summed E-state index contributed by atoms with van der Waals surface area (Å²) in [5.41, 5.74) is 1.84. The largest absolute Gasteiger partial charge is 0.497 e. The van der Waals surface area contributed by atoms with Gasteiger partial charge >= 0.3 is 0 Å². The summed E-state index contributed by atoms with van der Waals surface area (Å²) < 4.78 is 5.08. The molecule has 96 valence electrons. The topological polar surface area (TPSA) is 49.8 Å². The predicted molar refractivity (Wildman–Crippen MR) is 71.2 cm³/mol. The minimum absolute atomic E-state index is 0.187.